The van der Waals surface area contributed by atoms with Crippen LogP contribution in [0.15, 0.2) is 18.2 Å². The van der Waals surface area contributed by atoms with Crippen LogP contribution in [-0.4, -0.2) is 18.5 Å². The lowest BCUT2D eigenvalue weighted by molar-refractivity contribution is -0.123. The van der Waals surface area contributed by atoms with Crippen LogP contribution in [0.3, 0.4) is 0 Å². The molecule has 0 aromatic heterocycles. The molecule has 1 aromatic carbocycles. The number of carbonyl (C=O) groups excluding carboxylic acids is 1. The normalized spacial score (nSPS) is 19.6. The van der Waals surface area contributed by atoms with E-state index in [4.69, 9.17) is 0 Å². The number of nitrogens with one attached hydrogen (secondary N) is 2. The molecule has 0 radical (unpaired) electrons. The fourth-order valence-corrected chi connectivity index (χ4v) is 2.61. The van der Waals surface area contributed by atoms with Crippen molar-refractivity contribution >= 4 is 18.3 Å². The SMILES string of the molecule is Cc1ccc(C(C)NC(=O)[C@@H]2CCCN2)c(C)c1.Cl. The lowest BCUT2D eigenvalue weighted by atomic mass is 10.00. The highest BCUT2D eigenvalue weighted by atomic mass is 35.5. The molecule has 1 saturated heterocycles. The minimum absolute atomic E-state index is 0. The first-order chi connectivity index (χ1) is 8.58. The first kappa shape index (κ1) is 16.0. The van der Waals surface area contributed by atoms with E-state index in [1.54, 1.807) is 0 Å². The third-order valence-corrected chi connectivity index (χ3v) is 3.63. The average Bonchev–Trinajstić information content (AvgIpc) is 2.81. The van der Waals surface area contributed by atoms with Gasteiger partial charge in [0.1, 0.15) is 0 Å². The van der Waals surface area contributed by atoms with Crippen LogP contribution in [-0.2, 0) is 4.79 Å². The summed E-state index contributed by atoms with van der Waals surface area (Å²) in [5.74, 6) is 0.125. The molecule has 2 rings (SSSR count). The van der Waals surface area contributed by atoms with Crippen molar-refractivity contribution in [1.29, 1.82) is 0 Å². The number of halogens is 1. The van der Waals surface area contributed by atoms with Gasteiger partial charge in [0.25, 0.3) is 0 Å². The van der Waals surface area contributed by atoms with Crippen molar-refractivity contribution in [2.45, 2.75) is 45.7 Å². The summed E-state index contributed by atoms with van der Waals surface area (Å²) in [5, 5.41) is 6.32. The molecule has 1 aliphatic rings. The summed E-state index contributed by atoms with van der Waals surface area (Å²) in [6.45, 7) is 7.18. The van der Waals surface area contributed by atoms with E-state index < -0.39 is 0 Å². The Morgan fingerprint density at radius 3 is 2.74 bits per heavy atom. The molecule has 4 heteroatoms. The molecule has 1 fully saturated rings. The Labute approximate surface area is 121 Å². The van der Waals surface area contributed by atoms with Crippen molar-refractivity contribution in [3.05, 3.63) is 34.9 Å². The van der Waals surface area contributed by atoms with Gasteiger partial charge in [-0.2, -0.15) is 0 Å². The molecule has 2 N–H and O–H groups in total. The zero-order valence-corrected chi connectivity index (χ0v) is 12.6. The van der Waals surface area contributed by atoms with E-state index in [0.717, 1.165) is 19.4 Å². The Morgan fingerprint density at radius 2 is 2.16 bits per heavy atom. The second kappa shape index (κ2) is 6.92. The second-order valence-corrected chi connectivity index (χ2v) is 5.24. The Kier molecular flexibility index (Phi) is 5.83. The molecule has 0 spiro atoms. The summed E-state index contributed by atoms with van der Waals surface area (Å²) in [5.41, 5.74) is 3.70. The Hall–Kier alpha value is -1.06. The van der Waals surface area contributed by atoms with E-state index in [-0.39, 0.29) is 30.4 Å². The van der Waals surface area contributed by atoms with Crippen LogP contribution >= 0.6 is 12.4 Å². The largest absolute Gasteiger partial charge is 0.348 e. The number of aryl methyl sites for hydroxylation is 2. The molecule has 106 valence electrons. The first-order valence-corrected chi connectivity index (χ1v) is 6.69. The van der Waals surface area contributed by atoms with Gasteiger partial charge in [0, 0.05) is 0 Å². The van der Waals surface area contributed by atoms with Crippen LogP contribution in [0.4, 0.5) is 0 Å². The quantitative estimate of drug-likeness (QED) is 0.895. The molecule has 1 aromatic rings. The summed E-state index contributed by atoms with van der Waals surface area (Å²) < 4.78 is 0. The van der Waals surface area contributed by atoms with Gasteiger partial charge in [0.15, 0.2) is 0 Å². The van der Waals surface area contributed by atoms with E-state index in [1.165, 1.54) is 16.7 Å². The lowest BCUT2D eigenvalue weighted by Crippen LogP contribution is -2.41. The summed E-state index contributed by atoms with van der Waals surface area (Å²) >= 11 is 0. The molecule has 1 heterocycles. The van der Waals surface area contributed by atoms with Gasteiger partial charge in [-0.25, -0.2) is 0 Å². The molecule has 19 heavy (non-hydrogen) atoms. The van der Waals surface area contributed by atoms with Gasteiger partial charge in [-0.05, 0) is 51.3 Å². The Bertz CT molecular complexity index is 442. The zero-order valence-electron chi connectivity index (χ0n) is 11.8. The van der Waals surface area contributed by atoms with Gasteiger partial charge in [-0.1, -0.05) is 23.8 Å². The molecule has 1 unspecified atom stereocenters. The minimum atomic E-state index is -0.00166. The number of hydrogen-bond acceptors (Lipinski definition) is 2. The maximum atomic E-state index is 12.0. The Morgan fingerprint density at radius 1 is 1.42 bits per heavy atom. The molecule has 0 saturated carbocycles. The van der Waals surface area contributed by atoms with Gasteiger partial charge in [0.2, 0.25) is 5.91 Å². The van der Waals surface area contributed by atoms with Crippen LogP contribution in [0.25, 0.3) is 0 Å². The molecular formula is C15H23ClN2O. The highest BCUT2D eigenvalue weighted by Gasteiger charge is 2.23. The monoisotopic (exact) mass is 282 g/mol. The van der Waals surface area contributed by atoms with Gasteiger partial charge in [0.05, 0.1) is 12.1 Å². The van der Waals surface area contributed by atoms with Crippen molar-refractivity contribution in [3.63, 3.8) is 0 Å². The Balaban J connectivity index is 0.00000180. The third kappa shape index (κ3) is 3.95. The topological polar surface area (TPSA) is 41.1 Å². The number of hydrogen-bond donors (Lipinski definition) is 2. The van der Waals surface area contributed by atoms with Gasteiger partial charge in [-0.3, -0.25) is 4.79 Å². The number of benzene rings is 1. The highest BCUT2D eigenvalue weighted by Crippen LogP contribution is 2.19. The molecule has 0 bridgehead atoms. The molecule has 1 aliphatic heterocycles. The van der Waals surface area contributed by atoms with E-state index >= 15 is 0 Å². The minimum Gasteiger partial charge on any atom is -0.348 e. The number of amides is 1. The maximum absolute atomic E-state index is 12.0. The summed E-state index contributed by atoms with van der Waals surface area (Å²) in [6.07, 6.45) is 2.04. The van der Waals surface area contributed by atoms with Crippen molar-refractivity contribution in [3.8, 4) is 0 Å². The predicted molar refractivity (Wildman–Crippen MR) is 80.7 cm³/mol. The van der Waals surface area contributed by atoms with Crippen LogP contribution < -0.4 is 10.6 Å². The van der Waals surface area contributed by atoms with E-state index in [2.05, 4.69) is 42.7 Å². The summed E-state index contributed by atoms with van der Waals surface area (Å²) in [6, 6.07) is 6.43. The van der Waals surface area contributed by atoms with Crippen LogP contribution in [0.5, 0.6) is 0 Å². The highest BCUT2D eigenvalue weighted by molar-refractivity contribution is 5.85. The van der Waals surface area contributed by atoms with Gasteiger partial charge in [-0.15, -0.1) is 12.4 Å². The third-order valence-electron chi connectivity index (χ3n) is 3.63. The fourth-order valence-electron chi connectivity index (χ4n) is 2.61. The van der Waals surface area contributed by atoms with E-state index in [0.29, 0.717) is 0 Å². The number of carbonyl (C=O) groups is 1. The van der Waals surface area contributed by atoms with Gasteiger partial charge >= 0.3 is 0 Å². The zero-order chi connectivity index (χ0) is 13.1. The summed E-state index contributed by atoms with van der Waals surface area (Å²) in [4.78, 5) is 12.0. The fraction of sp³-hybridized carbons (Fsp3) is 0.533. The number of rotatable bonds is 3. The van der Waals surface area contributed by atoms with Crippen molar-refractivity contribution in [2.24, 2.45) is 0 Å². The standard InChI is InChI=1S/C15H22N2O.ClH/c1-10-6-7-13(11(2)9-10)12(3)17-15(18)14-5-4-8-16-14;/h6-7,9,12,14,16H,4-5,8H2,1-3H3,(H,17,18);1H/t12?,14-;/m0./s1. The predicted octanol–water partition coefficient (Wildman–Crippen LogP) is 2.65. The first-order valence-electron chi connectivity index (χ1n) is 6.69. The van der Waals surface area contributed by atoms with Gasteiger partial charge < -0.3 is 10.6 Å². The molecule has 0 aliphatic carbocycles. The van der Waals surface area contributed by atoms with Crippen molar-refractivity contribution in [1.82, 2.24) is 10.6 Å². The average molecular weight is 283 g/mol. The summed E-state index contributed by atoms with van der Waals surface area (Å²) in [7, 11) is 0. The maximum Gasteiger partial charge on any atom is 0.237 e. The molecule has 1 amide bonds. The van der Waals surface area contributed by atoms with Crippen LogP contribution in [0.1, 0.15) is 42.5 Å². The van der Waals surface area contributed by atoms with Crippen molar-refractivity contribution < 1.29 is 4.79 Å². The molecule has 3 nitrogen and oxygen atoms in total. The van der Waals surface area contributed by atoms with E-state index in [9.17, 15) is 4.79 Å². The van der Waals surface area contributed by atoms with Crippen LogP contribution in [0.2, 0.25) is 0 Å². The lowest BCUT2D eigenvalue weighted by Gasteiger charge is -2.19. The molecule has 2 atom stereocenters. The van der Waals surface area contributed by atoms with E-state index in [1.807, 2.05) is 6.92 Å². The molecular weight excluding hydrogens is 260 g/mol. The smallest absolute Gasteiger partial charge is 0.237 e. The van der Waals surface area contributed by atoms with Crippen LogP contribution in [0, 0.1) is 13.8 Å². The second-order valence-electron chi connectivity index (χ2n) is 5.24. The van der Waals surface area contributed by atoms with Crippen molar-refractivity contribution in [2.75, 3.05) is 6.54 Å².